The second-order valence-electron chi connectivity index (χ2n) is 5.17. The lowest BCUT2D eigenvalue weighted by molar-refractivity contribution is 0.319. The number of rotatable bonds is 7. The van der Waals surface area contributed by atoms with E-state index < -0.39 is 0 Å². The van der Waals surface area contributed by atoms with E-state index in [4.69, 9.17) is 13.9 Å². The van der Waals surface area contributed by atoms with Crippen LogP contribution in [-0.2, 0) is 0 Å². The van der Waals surface area contributed by atoms with Crippen LogP contribution in [0.4, 0.5) is 0 Å². The fourth-order valence-electron chi connectivity index (χ4n) is 2.26. The zero-order chi connectivity index (χ0) is 16.8. The number of hydrogen-bond acceptors (Lipinski definition) is 5. The molecule has 0 aliphatic carbocycles. The molecule has 3 aromatic rings. The molecule has 0 unspecified atom stereocenters. The Kier molecular flexibility index (Phi) is 5.43. The summed E-state index contributed by atoms with van der Waals surface area (Å²) in [5.74, 6) is 2.51. The van der Waals surface area contributed by atoms with E-state index in [0.717, 1.165) is 17.9 Å². The van der Waals surface area contributed by atoms with Crippen LogP contribution in [0.5, 0.6) is 11.5 Å². The van der Waals surface area contributed by atoms with E-state index in [-0.39, 0.29) is 5.43 Å². The molecule has 4 nitrogen and oxygen atoms in total. The number of thioether (sulfide) groups is 1. The van der Waals surface area contributed by atoms with Gasteiger partial charge in [-0.15, -0.1) is 11.8 Å². The first kappa shape index (κ1) is 16.5. The van der Waals surface area contributed by atoms with Crippen LogP contribution in [0.2, 0.25) is 0 Å². The maximum Gasteiger partial charge on any atom is 0.192 e. The topological polar surface area (TPSA) is 48.7 Å². The zero-order valence-corrected chi connectivity index (χ0v) is 14.2. The number of benzene rings is 2. The van der Waals surface area contributed by atoms with E-state index in [1.165, 1.54) is 17.2 Å². The molecule has 0 N–H and O–H groups in total. The van der Waals surface area contributed by atoms with Crippen molar-refractivity contribution >= 4 is 22.7 Å². The summed E-state index contributed by atoms with van der Waals surface area (Å²) < 4.78 is 16.2. The van der Waals surface area contributed by atoms with Crippen LogP contribution in [-0.4, -0.2) is 19.5 Å². The average molecular weight is 342 g/mol. The molecule has 0 amide bonds. The maximum atomic E-state index is 11.8. The van der Waals surface area contributed by atoms with Crippen LogP contribution in [0.15, 0.2) is 68.9 Å². The summed E-state index contributed by atoms with van der Waals surface area (Å²) in [6.07, 6.45) is 2.32. The molecule has 0 aliphatic heterocycles. The summed E-state index contributed by atoms with van der Waals surface area (Å²) >= 11 is 1.78. The third-order valence-electron chi connectivity index (χ3n) is 3.52. The Morgan fingerprint density at radius 2 is 1.83 bits per heavy atom. The lowest BCUT2D eigenvalue weighted by Crippen LogP contribution is -2.01. The van der Waals surface area contributed by atoms with Gasteiger partial charge < -0.3 is 13.9 Å². The Balaban J connectivity index is 1.48. The second-order valence-corrected chi connectivity index (χ2v) is 6.34. The first-order valence-corrected chi connectivity index (χ1v) is 8.66. The summed E-state index contributed by atoms with van der Waals surface area (Å²) in [5, 5.41) is 0.544. The van der Waals surface area contributed by atoms with Crippen LogP contribution < -0.4 is 14.9 Å². The molecule has 0 saturated carbocycles. The van der Waals surface area contributed by atoms with Gasteiger partial charge in [-0.2, -0.15) is 0 Å². The molecule has 0 spiro atoms. The minimum absolute atomic E-state index is 0.0586. The van der Waals surface area contributed by atoms with Crippen molar-refractivity contribution < 1.29 is 13.9 Å². The predicted molar refractivity (Wildman–Crippen MR) is 96.3 cm³/mol. The van der Waals surface area contributed by atoms with Crippen molar-refractivity contribution in [3.63, 3.8) is 0 Å². The minimum Gasteiger partial charge on any atom is -0.497 e. The summed E-state index contributed by atoms with van der Waals surface area (Å²) in [5.41, 5.74) is 0.515. The molecule has 0 bridgehead atoms. The third kappa shape index (κ3) is 4.11. The largest absolute Gasteiger partial charge is 0.497 e. The van der Waals surface area contributed by atoms with Crippen LogP contribution in [0.1, 0.15) is 6.42 Å². The van der Waals surface area contributed by atoms with E-state index >= 15 is 0 Å². The molecule has 5 heteroatoms. The highest BCUT2D eigenvalue weighted by Gasteiger charge is 2.03. The van der Waals surface area contributed by atoms with Crippen molar-refractivity contribution in [2.75, 3.05) is 19.5 Å². The fraction of sp³-hybridized carbons (Fsp3) is 0.211. The minimum atomic E-state index is -0.0586. The smallest absolute Gasteiger partial charge is 0.192 e. The highest BCUT2D eigenvalue weighted by Crippen LogP contribution is 2.22. The molecule has 0 fully saturated rings. The molecule has 0 saturated heterocycles. The Bertz CT molecular complexity index is 855. The number of ether oxygens (including phenoxy) is 2. The van der Waals surface area contributed by atoms with Crippen molar-refractivity contribution in [3.8, 4) is 11.5 Å². The number of hydrogen-bond donors (Lipinski definition) is 0. The van der Waals surface area contributed by atoms with Crippen molar-refractivity contribution in [3.05, 3.63) is 65.0 Å². The van der Waals surface area contributed by atoms with Gasteiger partial charge in [0.1, 0.15) is 17.1 Å². The summed E-state index contributed by atoms with van der Waals surface area (Å²) in [7, 11) is 1.66. The van der Waals surface area contributed by atoms with Gasteiger partial charge in [0.05, 0.1) is 25.4 Å². The first-order chi connectivity index (χ1) is 11.8. The molecule has 1 aromatic heterocycles. The van der Waals surface area contributed by atoms with E-state index in [0.29, 0.717) is 23.3 Å². The Labute approximate surface area is 144 Å². The molecule has 0 atom stereocenters. The van der Waals surface area contributed by atoms with E-state index in [2.05, 4.69) is 0 Å². The molecule has 0 radical (unpaired) electrons. The Morgan fingerprint density at radius 1 is 1.04 bits per heavy atom. The highest BCUT2D eigenvalue weighted by molar-refractivity contribution is 7.99. The zero-order valence-electron chi connectivity index (χ0n) is 13.4. The highest BCUT2D eigenvalue weighted by atomic mass is 32.2. The molecular formula is C19H18O4S. The molecule has 2 aromatic carbocycles. The molecular weight excluding hydrogens is 324 g/mol. The molecule has 24 heavy (non-hydrogen) atoms. The fourth-order valence-corrected chi connectivity index (χ4v) is 3.09. The number of methoxy groups -OCH3 is 1. The summed E-state index contributed by atoms with van der Waals surface area (Å²) in [6.45, 7) is 0.604. The normalized spacial score (nSPS) is 10.7. The quantitative estimate of drug-likeness (QED) is 0.471. The molecule has 1 heterocycles. The lowest BCUT2D eigenvalue weighted by atomic mass is 10.2. The summed E-state index contributed by atoms with van der Waals surface area (Å²) in [4.78, 5) is 13.0. The second kappa shape index (κ2) is 7.93. The Hall–Kier alpha value is -2.40. The van der Waals surface area contributed by atoms with Crippen LogP contribution in [0.25, 0.3) is 11.0 Å². The van der Waals surface area contributed by atoms with E-state index in [1.54, 1.807) is 31.0 Å². The van der Waals surface area contributed by atoms with Crippen LogP contribution >= 0.6 is 11.8 Å². The van der Waals surface area contributed by atoms with Gasteiger partial charge in [0.15, 0.2) is 5.43 Å². The molecule has 124 valence electrons. The van der Waals surface area contributed by atoms with E-state index in [1.807, 2.05) is 30.3 Å². The first-order valence-electron chi connectivity index (χ1n) is 7.67. The average Bonchev–Trinajstić information content (AvgIpc) is 2.62. The molecule has 3 rings (SSSR count). The predicted octanol–water partition coefficient (Wildman–Crippen LogP) is 4.36. The Morgan fingerprint density at radius 3 is 2.62 bits per heavy atom. The van der Waals surface area contributed by atoms with Gasteiger partial charge in [0, 0.05) is 16.7 Å². The van der Waals surface area contributed by atoms with Crippen molar-refractivity contribution in [2.45, 2.75) is 11.3 Å². The van der Waals surface area contributed by atoms with Gasteiger partial charge in [0.25, 0.3) is 0 Å². The monoisotopic (exact) mass is 342 g/mol. The third-order valence-corrected chi connectivity index (χ3v) is 4.61. The van der Waals surface area contributed by atoms with Crippen molar-refractivity contribution in [1.29, 1.82) is 0 Å². The van der Waals surface area contributed by atoms with Gasteiger partial charge in [-0.1, -0.05) is 0 Å². The van der Waals surface area contributed by atoms with Gasteiger partial charge in [-0.25, -0.2) is 0 Å². The summed E-state index contributed by atoms with van der Waals surface area (Å²) in [6, 6.07) is 14.7. The van der Waals surface area contributed by atoms with Gasteiger partial charge >= 0.3 is 0 Å². The lowest BCUT2D eigenvalue weighted by Gasteiger charge is -2.07. The van der Waals surface area contributed by atoms with Gasteiger partial charge in [-0.3, -0.25) is 4.79 Å². The molecule has 0 aliphatic rings. The van der Waals surface area contributed by atoms with E-state index in [9.17, 15) is 4.79 Å². The maximum absolute atomic E-state index is 11.8. The van der Waals surface area contributed by atoms with Gasteiger partial charge in [-0.05, 0) is 48.9 Å². The number of fused-ring (bicyclic) bond motifs is 1. The van der Waals surface area contributed by atoms with Crippen molar-refractivity contribution in [1.82, 2.24) is 0 Å². The SMILES string of the molecule is COc1ccc(SCCCOc2ccc3occc(=O)c3c2)cc1. The van der Waals surface area contributed by atoms with Crippen molar-refractivity contribution in [2.24, 2.45) is 0 Å². The van der Waals surface area contributed by atoms with Crippen LogP contribution in [0, 0.1) is 0 Å². The van der Waals surface area contributed by atoms with Crippen LogP contribution in [0.3, 0.4) is 0 Å². The standard InChI is InChI=1S/C19H18O4S/c1-21-14-3-6-16(7-4-14)24-12-2-10-22-15-5-8-19-17(13-15)18(20)9-11-23-19/h3-9,11,13H,2,10,12H2,1H3. The van der Waals surface area contributed by atoms with Gasteiger partial charge in [0.2, 0.25) is 0 Å².